The van der Waals surface area contributed by atoms with E-state index in [9.17, 15) is 14.4 Å². The van der Waals surface area contributed by atoms with Gasteiger partial charge in [0.25, 0.3) is 11.8 Å². The number of nitrogens with zero attached hydrogens (tertiary/aromatic N) is 3. The van der Waals surface area contributed by atoms with Crippen LogP contribution in [0.25, 0.3) is 0 Å². The molecule has 2 N–H and O–H groups in total. The number of nitrogens with one attached hydrogen (secondary N) is 2. The third-order valence-electron chi connectivity index (χ3n) is 6.60. The molecule has 0 spiro atoms. The minimum Gasteiger partial charge on any atom is -0.484 e. The molecule has 1 aliphatic heterocycles. The number of halogens is 1. The van der Waals surface area contributed by atoms with Crippen molar-refractivity contribution in [2.75, 3.05) is 34.3 Å². The lowest BCUT2D eigenvalue weighted by Gasteiger charge is -2.37. The summed E-state index contributed by atoms with van der Waals surface area (Å²) in [6.45, 7) is 1.54. The number of thiazole rings is 1. The molecule has 9 nitrogen and oxygen atoms in total. The zero-order valence-electron chi connectivity index (χ0n) is 20.8. The van der Waals surface area contributed by atoms with Crippen LogP contribution in [0.15, 0.2) is 24.3 Å². The molecule has 2 heterocycles. The molecule has 3 amide bonds. The van der Waals surface area contributed by atoms with Crippen LogP contribution in [0.4, 0.5) is 0 Å². The summed E-state index contributed by atoms with van der Waals surface area (Å²) < 4.78 is 5.56. The van der Waals surface area contributed by atoms with Crippen LogP contribution in [0.2, 0.25) is 5.02 Å². The monoisotopic (exact) mass is 533 g/mol. The van der Waals surface area contributed by atoms with Gasteiger partial charge in [-0.15, -0.1) is 11.3 Å². The highest BCUT2D eigenvalue weighted by molar-refractivity contribution is 7.13. The second kappa shape index (κ2) is 11.6. The predicted octanol–water partition coefficient (Wildman–Crippen LogP) is 2.33. The number of hydrogen-bond donors (Lipinski definition) is 2. The number of carbonyl (C=O) groups excluding carboxylic acids is 3. The Hall–Kier alpha value is -2.69. The van der Waals surface area contributed by atoms with Crippen LogP contribution in [0, 0.1) is 5.92 Å². The average molecular weight is 534 g/mol. The van der Waals surface area contributed by atoms with Crippen LogP contribution in [0.3, 0.4) is 0 Å². The van der Waals surface area contributed by atoms with Crippen LogP contribution in [-0.2, 0) is 22.6 Å². The third-order valence-corrected chi connectivity index (χ3v) is 7.94. The lowest BCUT2D eigenvalue weighted by atomic mass is 9.81. The maximum Gasteiger partial charge on any atom is 0.280 e. The highest BCUT2D eigenvalue weighted by Gasteiger charge is 2.37. The zero-order valence-corrected chi connectivity index (χ0v) is 22.3. The molecule has 1 saturated carbocycles. The van der Waals surface area contributed by atoms with Gasteiger partial charge >= 0.3 is 0 Å². The first-order valence-corrected chi connectivity index (χ1v) is 13.3. The fourth-order valence-electron chi connectivity index (χ4n) is 4.67. The predicted molar refractivity (Wildman–Crippen MR) is 138 cm³/mol. The minimum atomic E-state index is -0.400. The summed E-state index contributed by atoms with van der Waals surface area (Å²) in [5.74, 6) is -0.214. The van der Waals surface area contributed by atoms with E-state index in [-0.39, 0.29) is 36.3 Å². The Labute approximate surface area is 220 Å². The molecule has 1 aromatic carbocycles. The molecule has 2 aromatic rings. The summed E-state index contributed by atoms with van der Waals surface area (Å²) in [6, 6.07) is 6.06. The molecular weight excluding hydrogens is 502 g/mol. The van der Waals surface area contributed by atoms with E-state index in [4.69, 9.17) is 16.3 Å². The second-order valence-corrected chi connectivity index (χ2v) is 11.1. The molecule has 11 heteroatoms. The van der Waals surface area contributed by atoms with Gasteiger partial charge in [-0.05, 0) is 50.6 Å². The van der Waals surface area contributed by atoms with Gasteiger partial charge < -0.3 is 25.2 Å². The Kier molecular flexibility index (Phi) is 8.48. The van der Waals surface area contributed by atoms with Crippen molar-refractivity contribution < 1.29 is 19.1 Å². The highest BCUT2D eigenvalue weighted by Crippen LogP contribution is 2.28. The number of aromatic nitrogens is 1. The maximum atomic E-state index is 13.2. The summed E-state index contributed by atoms with van der Waals surface area (Å²) in [5, 5.41) is 7.08. The SMILES string of the molecule is CN1CCc2nc(C(=O)NC3CC(C(=O)N(C)C)CCC3NC(=O)COc3ccc(Cl)cc3)sc2C1. The number of hydrogen-bond acceptors (Lipinski definition) is 7. The molecule has 0 radical (unpaired) electrons. The van der Waals surface area contributed by atoms with E-state index in [2.05, 4.69) is 27.6 Å². The van der Waals surface area contributed by atoms with Crippen LogP contribution >= 0.6 is 22.9 Å². The lowest BCUT2D eigenvalue weighted by molar-refractivity contribution is -0.134. The van der Waals surface area contributed by atoms with Crippen molar-refractivity contribution in [1.29, 1.82) is 0 Å². The van der Waals surface area contributed by atoms with E-state index < -0.39 is 6.04 Å². The van der Waals surface area contributed by atoms with Gasteiger partial charge in [-0.25, -0.2) is 4.98 Å². The Balaban J connectivity index is 1.42. The number of rotatable bonds is 7. The summed E-state index contributed by atoms with van der Waals surface area (Å²) in [4.78, 5) is 48.0. The smallest absolute Gasteiger partial charge is 0.280 e. The van der Waals surface area contributed by atoms with E-state index in [0.29, 0.717) is 35.0 Å². The first-order valence-electron chi connectivity index (χ1n) is 12.1. The van der Waals surface area contributed by atoms with Gasteiger partial charge in [0.15, 0.2) is 11.6 Å². The molecule has 3 unspecified atom stereocenters. The Bertz CT molecular complexity index is 1110. The largest absolute Gasteiger partial charge is 0.484 e. The summed E-state index contributed by atoms with van der Waals surface area (Å²) in [6.07, 6.45) is 2.47. The summed E-state index contributed by atoms with van der Waals surface area (Å²) in [5.41, 5.74) is 0.983. The van der Waals surface area contributed by atoms with Crippen molar-refractivity contribution in [2.24, 2.45) is 5.92 Å². The maximum absolute atomic E-state index is 13.2. The van der Waals surface area contributed by atoms with Gasteiger partial charge in [-0.1, -0.05) is 11.6 Å². The number of fused-ring (bicyclic) bond motifs is 1. The Morgan fingerprint density at radius 3 is 2.64 bits per heavy atom. The topological polar surface area (TPSA) is 104 Å². The molecule has 0 saturated heterocycles. The average Bonchev–Trinajstić information content (AvgIpc) is 3.27. The molecule has 1 aromatic heterocycles. The highest BCUT2D eigenvalue weighted by atomic mass is 35.5. The fourth-order valence-corrected chi connectivity index (χ4v) is 5.89. The molecule has 3 atom stereocenters. The number of amides is 3. The molecule has 0 bridgehead atoms. The molecule has 2 aliphatic rings. The quantitative estimate of drug-likeness (QED) is 0.566. The molecular formula is C25H32ClN5O4S. The van der Waals surface area contributed by atoms with Gasteiger partial charge in [0.1, 0.15) is 5.75 Å². The molecule has 4 rings (SSSR count). The molecule has 1 aliphatic carbocycles. The van der Waals surface area contributed by atoms with Gasteiger partial charge in [-0.3, -0.25) is 14.4 Å². The third kappa shape index (κ3) is 6.54. The van der Waals surface area contributed by atoms with Gasteiger partial charge in [0.05, 0.1) is 11.7 Å². The Morgan fingerprint density at radius 2 is 1.92 bits per heavy atom. The minimum absolute atomic E-state index is 0.0258. The van der Waals surface area contributed by atoms with Crippen molar-refractivity contribution in [1.82, 2.24) is 25.4 Å². The van der Waals surface area contributed by atoms with Crippen molar-refractivity contribution in [2.45, 2.75) is 44.3 Å². The zero-order chi connectivity index (χ0) is 25.8. The van der Waals surface area contributed by atoms with E-state index in [1.807, 2.05) is 0 Å². The van der Waals surface area contributed by atoms with Crippen LogP contribution in [-0.4, -0.2) is 78.9 Å². The van der Waals surface area contributed by atoms with Crippen molar-refractivity contribution in [3.63, 3.8) is 0 Å². The first kappa shape index (κ1) is 26.4. The van der Waals surface area contributed by atoms with Crippen LogP contribution in [0.5, 0.6) is 5.75 Å². The van der Waals surface area contributed by atoms with E-state index >= 15 is 0 Å². The molecule has 194 valence electrons. The molecule has 36 heavy (non-hydrogen) atoms. The molecule has 1 fully saturated rings. The first-order chi connectivity index (χ1) is 17.2. The van der Waals surface area contributed by atoms with Crippen molar-refractivity contribution in [3.8, 4) is 5.75 Å². The second-order valence-electron chi connectivity index (χ2n) is 9.62. The van der Waals surface area contributed by atoms with Crippen molar-refractivity contribution in [3.05, 3.63) is 44.9 Å². The van der Waals surface area contributed by atoms with E-state index in [1.165, 1.54) is 11.3 Å². The van der Waals surface area contributed by atoms with Crippen molar-refractivity contribution >= 4 is 40.7 Å². The van der Waals surface area contributed by atoms with Gasteiger partial charge in [-0.2, -0.15) is 0 Å². The number of carbonyl (C=O) groups is 3. The fraction of sp³-hybridized carbons (Fsp3) is 0.520. The van der Waals surface area contributed by atoms with Crippen LogP contribution in [0.1, 0.15) is 39.6 Å². The van der Waals surface area contributed by atoms with Gasteiger partial charge in [0, 0.05) is 55.5 Å². The van der Waals surface area contributed by atoms with Gasteiger partial charge in [0.2, 0.25) is 5.91 Å². The standard InChI is InChI=1S/C25H32ClN5O4S/c1-30(2)25(34)15-4-9-18(27-22(32)14-35-17-7-5-16(26)6-8-17)20(12-15)28-23(33)24-29-19-10-11-31(3)13-21(19)36-24/h5-8,15,18,20H,4,9-14H2,1-3H3,(H,27,32)(H,28,33). The van der Waals surface area contributed by atoms with E-state index in [1.54, 1.807) is 43.3 Å². The number of ether oxygens (including phenoxy) is 1. The summed E-state index contributed by atoms with van der Waals surface area (Å²) >= 11 is 7.31. The van der Waals surface area contributed by atoms with Crippen LogP contribution < -0.4 is 15.4 Å². The number of benzene rings is 1. The normalized spacial score (nSPS) is 21.8. The van der Waals surface area contributed by atoms with E-state index in [0.717, 1.165) is 30.1 Å². The lowest BCUT2D eigenvalue weighted by Crippen LogP contribution is -2.56. The summed E-state index contributed by atoms with van der Waals surface area (Å²) in [7, 11) is 5.51. The Morgan fingerprint density at radius 1 is 1.17 bits per heavy atom. The number of likely N-dealkylation sites (N-methyl/N-ethyl adjacent to an activating group) is 1.